The Balaban J connectivity index is 1.51. The van der Waals surface area contributed by atoms with E-state index in [0.29, 0.717) is 18.8 Å². The molecule has 0 spiro atoms. The summed E-state index contributed by atoms with van der Waals surface area (Å²) in [5, 5.41) is 4.43. The maximum absolute atomic E-state index is 5.81. The van der Waals surface area contributed by atoms with Crippen molar-refractivity contribution >= 4 is 11.3 Å². The molecular weight excluding hydrogens is 256 g/mol. The maximum atomic E-state index is 5.81. The predicted octanol–water partition coefficient (Wildman–Crippen LogP) is 2.21. The van der Waals surface area contributed by atoms with Crippen molar-refractivity contribution < 1.29 is 4.74 Å². The lowest BCUT2D eigenvalue weighted by molar-refractivity contribution is 0.0759. The van der Waals surface area contributed by atoms with Gasteiger partial charge in [0, 0.05) is 38.8 Å². The zero-order valence-corrected chi connectivity index (χ0v) is 12.1. The molecular formula is C15H22N2OS. The lowest BCUT2D eigenvalue weighted by Crippen LogP contribution is -2.49. The molecule has 2 aliphatic heterocycles. The Labute approximate surface area is 119 Å². The van der Waals surface area contributed by atoms with Gasteiger partial charge < -0.3 is 4.74 Å². The molecule has 3 heterocycles. The zero-order chi connectivity index (χ0) is 13.1. The normalized spacial score (nSPS) is 28.4. The third-order valence-corrected chi connectivity index (χ3v) is 4.83. The molecule has 0 N–H and O–H groups in total. The van der Waals surface area contributed by atoms with E-state index in [0.717, 1.165) is 13.1 Å². The zero-order valence-electron chi connectivity index (χ0n) is 11.3. The van der Waals surface area contributed by atoms with E-state index in [-0.39, 0.29) is 0 Å². The van der Waals surface area contributed by atoms with Gasteiger partial charge in [-0.25, -0.2) is 0 Å². The van der Waals surface area contributed by atoms with E-state index >= 15 is 0 Å². The molecule has 104 valence electrons. The molecule has 0 bridgehead atoms. The number of piperazine rings is 1. The molecule has 0 amide bonds. The summed E-state index contributed by atoms with van der Waals surface area (Å²) in [5.41, 5.74) is 1.45. The van der Waals surface area contributed by atoms with Crippen molar-refractivity contribution in [1.29, 1.82) is 0 Å². The van der Waals surface area contributed by atoms with E-state index in [1.165, 1.54) is 31.6 Å². The molecule has 0 aromatic carbocycles. The van der Waals surface area contributed by atoms with Crippen LogP contribution in [-0.4, -0.2) is 54.7 Å². The van der Waals surface area contributed by atoms with Gasteiger partial charge in [0.05, 0.1) is 12.7 Å². The Morgan fingerprint density at radius 1 is 1.42 bits per heavy atom. The van der Waals surface area contributed by atoms with E-state index in [2.05, 4.69) is 33.2 Å². The lowest BCUT2D eigenvalue weighted by atomic mass is 10.1. The first-order chi connectivity index (χ1) is 9.35. The van der Waals surface area contributed by atoms with E-state index in [4.69, 9.17) is 4.74 Å². The van der Waals surface area contributed by atoms with Crippen LogP contribution in [0.4, 0.5) is 0 Å². The van der Waals surface area contributed by atoms with E-state index in [1.807, 2.05) is 6.08 Å². The molecule has 0 saturated carbocycles. The molecule has 2 aliphatic rings. The molecule has 2 saturated heterocycles. The highest BCUT2D eigenvalue weighted by Crippen LogP contribution is 2.25. The quantitative estimate of drug-likeness (QED) is 0.768. The first-order valence-electron chi connectivity index (χ1n) is 7.05. The summed E-state index contributed by atoms with van der Waals surface area (Å²) in [6.07, 6.45) is 3.43. The van der Waals surface area contributed by atoms with Gasteiger partial charge in [-0.05, 0) is 28.8 Å². The summed E-state index contributed by atoms with van der Waals surface area (Å²) in [4.78, 5) is 5.18. The highest BCUT2D eigenvalue weighted by Gasteiger charge is 2.36. The van der Waals surface area contributed by atoms with Crippen LogP contribution in [0.3, 0.4) is 0 Å². The molecule has 3 rings (SSSR count). The first-order valence-corrected chi connectivity index (χ1v) is 7.99. The fraction of sp³-hybridized carbons (Fsp3) is 0.600. The van der Waals surface area contributed by atoms with Crippen LogP contribution in [0.25, 0.3) is 0 Å². The molecule has 4 heteroatoms. The van der Waals surface area contributed by atoms with Crippen LogP contribution in [0.15, 0.2) is 29.5 Å². The largest absolute Gasteiger partial charge is 0.373 e. The number of ether oxygens (including phenoxy) is 1. The van der Waals surface area contributed by atoms with Crippen molar-refractivity contribution in [2.75, 3.05) is 32.8 Å². The fourth-order valence-electron chi connectivity index (χ4n) is 3.17. The third-order valence-electron chi connectivity index (χ3n) is 4.10. The van der Waals surface area contributed by atoms with Crippen LogP contribution in [0.2, 0.25) is 0 Å². The van der Waals surface area contributed by atoms with Crippen molar-refractivity contribution in [2.45, 2.75) is 25.1 Å². The van der Waals surface area contributed by atoms with Gasteiger partial charge in [0.15, 0.2) is 0 Å². The average molecular weight is 278 g/mol. The minimum absolute atomic E-state index is 0.407. The van der Waals surface area contributed by atoms with Crippen molar-refractivity contribution in [2.24, 2.45) is 0 Å². The molecule has 2 fully saturated rings. The second-order valence-corrected chi connectivity index (χ2v) is 6.28. The van der Waals surface area contributed by atoms with Gasteiger partial charge in [-0.2, -0.15) is 11.3 Å². The maximum Gasteiger partial charge on any atom is 0.0721 e. The lowest BCUT2D eigenvalue weighted by Gasteiger charge is -2.37. The Kier molecular flexibility index (Phi) is 4.33. The van der Waals surface area contributed by atoms with Crippen LogP contribution >= 0.6 is 11.3 Å². The molecule has 0 radical (unpaired) electrons. The summed E-state index contributed by atoms with van der Waals surface area (Å²) in [7, 11) is 0. The first kappa shape index (κ1) is 13.3. The van der Waals surface area contributed by atoms with Crippen molar-refractivity contribution in [1.82, 2.24) is 9.80 Å². The van der Waals surface area contributed by atoms with Crippen LogP contribution in [0.5, 0.6) is 0 Å². The molecule has 2 unspecified atom stereocenters. The number of fused-ring (bicyclic) bond motifs is 1. The molecule has 2 atom stereocenters. The Hall–Kier alpha value is -0.680. The third kappa shape index (κ3) is 3.26. The topological polar surface area (TPSA) is 15.7 Å². The number of thiophene rings is 1. The standard InChI is InChI=1S/C15H22N2OS/c1-2-6-18-15-8-14-10-16(4-5-17(14)11-15)9-13-3-7-19-12-13/h2-3,7,12,14-15H,1,4-6,8-11H2. The van der Waals surface area contributed by atoms with Crippen molar-refractivity contribution in [3.05, 3.63) is 35.0 Å². The minimum atomic E-state index is 0.407. The summed E-state index contributed by atoms with van der Waals surface area (Å²) in [6, 6.07) is 2.92. The Bertz CT molecular complexity index is 406. The fourth-order valence-corrected chi connectivity index (χ4v) is 3.83. The highest BCUT2D eigenvalue weighted by atomic mass is 32.1. The number of nitrogens with zero attached hydrogens (tertiary/aromatic N) is 2. The van der Waals surface area contributed by atoms with E-state index in [9.17, 15) is 0 Å². The highest BCUT2D eigenvalue weighted by molar-refractivity contribution is 7.07. The Morgan fingerprint density at radius 3 is 3.16 bits per heavy atom. The molecule has 1 aromatic heterocycles. The number of hydrogen-bond acceptors (Lipinski definition) is 4. The molecule has 3 nitrogen and oxygen atoms in total. The number of hydrogen-bond donors (Lipinski definition) is 0. The van der Waals surface area contributed by atoms with Crippen LogP contribution < -0.4 is 0 Å². The van der Waals surface area contributed by atoms with Gasteiger partial charge in [-0.1, -0.05) is 6.08 Å². The van der Waals surface area contributed by atoms with Crippen molar-refractivity contribution in [3.8, 4) is 0 Å². The smallest absolute Gasteiger partial charge is 0.0721 e. The molecule has 1 aromatic rings. The van der Waals surface area contributed by atoms with Crippen LogP contribution in [0.1, 0.15) is 12.0 Å². The average Bonchev–Trinajstić information content (AvgIpc) is 3.04. The monoisotopic (exact) mass is 278 g/mol. The Morgan fingerprint density at radius 2 is 2.37 bits per heavy atom. The van der Waals surface area contributed by atoms with Crippen LogP contribution in [-0.2, 0) is 11.3 Å². The predicted molar refractivity (Wildman–Crippen MR) is 79.5 cm³/mol. The second kappa shape index (κ2) is 6.18. The summed E-state index contributed by atoms with van der Waals surface area (Å²) in [6.45, 7) is 10.2. The molecule has 0 aliphatic carbocycles. The SMILES string of the molecule is C=CCOC1CC2CN(Cc3ccsc3)CCN2C1. The second-order valence-electron chi connectivity index (χ2n) is 5.50. The van der Waals surface area contributed by atoms with Crippen molar-refractivity contribution in [3.63, 3.8) is 0 Å². The van der Waals surface area contributed by atoms with Crippen LogP contribution in [0, 0.1) is 0 Å². The minimum Gasteiger partial charge on any atom is -0.373 e. The van der Waals surface area contributed by atoms with Gasteiger partial charge in [0.25, 0.3) is 0 Å². The molecule has 19 heavy (non-hydrogen) atoms. The van der Waals surface area contributed by atoms with Gasteiger partial charge in [0.1, 0.15) is 0 Å². The van der Waals surface area contributed by atoms with E-state index < -0.39 is 0 Å². The van der Waals surface area contributed by atoms with Gasteiger partial charge in [-0.3, -0.25) is 9.80 Å². The number of rotatable bonds is 5. The van der Waals surface area contributed by atoms with Gasteiger partial charge in [0.2, 0.25) is 0 Å². The summed E-state index contributed by atoms with van der Waals surface area (Å²) < 4.78 is 5.81. The summed E-state index contributed by atoms with van der Waals surface area (Å²) in [5.74, 6) is 0. The summed E-state index contributed by atoms with van der Waals surface area (Å²) >= 11 is 1.79. The van der Waals surface area contributed by atoms with Gasteiger partial charge in [-0.15, -0.1) is 6.58 Å². The van der Waals surface area contributed by atoms with E-state index in [1.54, 1.807) is 11.3 Å². The van der Waals surface area contributed by atoms with Gasteiger partial charge >= 0.3 is 0 Å².